The Bertz CT molecular complexity index is 423. The quantitative estimate of drug-likeness (QED) is 0.824. The van der Waals surface area contributed by atoms with Gasteiger partial charge in [0.1, 0.15) is 5.69 Å². The van der Waals surface area contributed by atoms with E-state index in [0.717, 1.165) is 6.54 Å². The second-order valence-electron chi connectivity index (χ2n) is 5.49. The Labute approximate surface area is 115 Å². The molecule has 0 aliphatic carbocycles. The minimum Gasteiger partial charge on any atom is -0.397 e. The van der Waals surface area contributed by atoms with E-state index in [-0.39, 0.29) is 11.9 Å². The van der Waals surface area contributed by atoms with E-state index < -0.39 is 0 Å². The van der Waals surface area contributed by atoms with E-state index in [9.17, 15) is 4.79 Å². The van der Waals surface area contributed by atoms with E-state index >= 15 is 0 Å². The first-order valence-corrected chi connectivity index (χ1v) is 6.78. The van der Waals surface area contributed by atoms with Gasteiger partial charge >= 0.3 is 0 Å². The number of anilines is 1. The summed E-state index contributed by atoms with van der Waals surface area (Å²) in [6.45, 7) is 9.79. The van der Waals surface area contributed by atoms with Crippen LogP contribution in [0.1, 0.15) is 44.2 Å². The maximum atomic E-state index is 12.1. The van der Waals surface area contributed by atoms with E-state index in [0.29, 0.717) is 24.0 Å². The molecule has 0 aliphatic heterocycles. The second-order valence-corrected chi connectivity index (χ2v) is 5.49. The number of likely N-dealkylation sites (N-methyl/N-ethyl adjacent to an activating group) is 1. The summed E-state index contributed by atoms with van der Waals surface area (Å²) >= 11 is 0. The summed E-state index contributed by atoms with van der Waals surface area (Å²) in [4.78, 5) is 14.3. The van der Waals surface area contributed by atoms with Crippen LogP contribution in [0, 0.1) is 0 Å². The topological polar surface area (TPSA) is 63.3 Å². The maximum absolute atomic E-state index is 12.1. The van der Waals surface area contributed by atoms with Crippen molar-refractivity contribution >= 4 is 11.6 Å². The summed E-state index contributed by atoms with van der Waals surface area (Å²) in [6.07, 6.45) is 1.81. The molecule has 5 heteroatoms. The third-order valence-corrected chi connectivity index (χ3v) is 3.29. The molecule has 19 heavy (non-hydrogen) atoms. The van der Waals surface area contributed by atoms with Crippen molar-refractivity contribution in [2.45, 2.75) is 39.8 Å². The number of carbonyl (C=O) groups is 1. The van der Waals surface area contributed by atoms with Gasteiger partial charge in [0.25, 0.3) is 5.91 Å². The summed E-state index contributed by atoms with van der Waals surface area (Å²) < 4.78 is 1.90. The fraction of sp³-hybridized carbons (Fsp3) is 0.643. The van der Waals surface area contributed by atoms with Gasteiger partial charge < -0.3 is 20.5 Å². The van der Waals surface area contributed by atoms with Crippen LogP contribution in [-0.4, -0.2) is 41.6 Å². The van der Waals surface area contributed by atoms with Crippen LogP contribution in [0.25, 0.3) is 0 Å². The molecule has 0 saturated heterocycles. The van der Waals surface area contributed by atoms with Gasteiger partial charge in [0.05, 0.1) is 5.69 Å². The highest BCUT2D eigenvalue weighted by Crippen LogP contribution is 2.16. The van der Waals surface area contributed by atoms with Gasteiger partial charge in [0.15, 0.2) is 0 Å². The predicted octanol–water partition coefficient (Wildman–Crippen LogP) is 1.72. The molecule has 0 spiro atoms. The fourth-order valence-corrected chi connectivity index (χ4v) is 1.80. The van der Waals surface area contributed by atoms with Gasteiger partial charge in [-0.1, -0.05) is 0 Å². The molecule has 108 valence electrons. The highest BCUT2D eigenvalue weighted by atomic mass is 16.1. The summed E-state index contributed by atoms with van der Waals surface area (Å²) in [5.41, 5.74) is 7.01. The lowest BCUT2D eigenvalue weighted by atomic mass is 10.3. The molecule has 0 aliphatic rings. The SMILES string of the molecule is CC(C)N(C)CCNC(=O)c1cc(N)cn1C(C)C. The lowest BCUT2D eigenvalue weighted by molar-refractivity contribution is 0.0937. The van der Waals surface area contributed by atoms with Crippen LogP contribution >= 0.6 is 0 Å². The van der Waals surface area contributed by atoms with Crippen molar-refractivity contribution < 1.29 is 4.79 Å². The van der Waals surface area contributed by atoms with Gasteiger partial charge in [-0.2, -0.15) is 0 Å². The Hall–Kier alpha value is -1.49. The molecule has 0 unspecified atom stereocenters. The van der Waals surface area contributed by atoms with Crippen LogP contribution in [-0.2, 0) is 0 Å². The summed E-state index contributed by atoms with van der Waals surface area (Å²) in [7, 11) is 2.05. The van der Waals surface area contributed by atoms with Gasteiger partial charge in [-0.25, -0.2) is 0 Å². The number of hydrogen-bond donors (Lipinski definition) is 2. The second kappa shape index (κ2) is 6.61. The van der Waals surface area contributed by atoms with Crippen molar-refractivity contribution in [3.05, 3.63) is 18.0 Å². The molecule has 1 aromatic rings. The van der Waals surface area contributed by atoms with Gasteiger partial charge in [0, 0.05) is 31.4 Å². The molecule has 3 N–H and O–H groups in total. The smallest absolute Gasteiger partial charge is 0.268 e. The largest absolute Gasteiger partial charge is 0.397 e. The number of hydrogen-bond acceptors (Lipinski definition) is 3. The van der Waals surface area contributed by atoms with Crippen LogP contribution in [0.5, 0.6) is 0 Å². The Balaban J connectivity index is 2.59. The minimum atomic E-state index is -0.0671. The number of amides is 1. The fourth-order valence-electron chi connectivity index (χ4n) is 1.80. The number of carbonyl (C=O) groups excluding carboxylic acids is 1. The van der Waals surface area contributed by atoms with Crippen molar-refractivity contribution in [3.8, 4) is 0 Å². The van der Waals surface area contributed by atoms with Gasteiger partial charge in [-0.3, -0.25) is 4.79 Å². The highest BCUT2D eigenvalue weighted by molar-refractivity contribution is 5.93. The molecule has 0 atom stereocenters. The van der Waals surface area contributed by atoms with E-state index in [1.54, 1.807) is 12.3 Å². The number of nitrogens with one attached hydrogen (secondary N) is 1. The van der Waals surface area contributed by atoms with Crippen LogP contribution in [0.3, 0.4) is 0 Å². The zero-order chi connectivity index (χ0) is 14.6. The molecule has 0 saturated carbocycles. The first kappa shape index (κ1) is 15.6. The number of rotatable bonds is 6. The Morgan fingerprint density at radius 1 is 1.42 bits per heavy atom. The zero-order valence-corrected chi connectivity index (χ0v) is 12.6. The molecular formula is C14H26N4O. The monoisotopic (exact) mass is 266 g/mol. The zero-order valence-electron chi connectivity index (χ0n) is 12.6. The molecule has 1 rings (SSSR count). The first-order chi connectivity index (χ1) is 8.82. The molecule has 0 aromatic carbocycles. The summed E-state index contributed by atoms with van der Waals surface area (Å²) in [5.74, 6) is -0.0671. The third kappa shape index (κ3) is 4.28. The Morgan fingerprint density at radius 2 is 2.05 bits per heavy atom. The average molecular weight is 266 g/mol. The number of nitrogens with zero attached hydrogens (tertiary/aromatic N) is 2. The van der Waals surface area contributed by atoms with Gasteiger partial charge in [0.2, 0.25) is 0 Å². The Kier molecular flexibility index (Phi) is 5.42. The normalized spacial score (nSPS) is 11.6. The van der Waals surface area contributed by atoms with Crippen molar-refractivity contribution in [2.75, 3.05) is 25.9 Å². The molecule has 1 aromatic heterocycles. The van der Waals surface area contributed by atoms with Crippen molar-refractivity contribution in [1.29, 1.82) is 0 Å². The van der Waals surface area contributed by atoms with E-state index in [1.165, 1.54) is 0 Å². The third-order valence-electron chi connectivity index (χ3n) is 3.29. The number of nitrogens with two attached hydrogens (primary N) is 1. The molecule has 0 bridgehead atoms. The van der Waals surface area contributed by atoms with Crippen molar-refractivity contribution in [3.63, 3.8) is 0 Å². The molecule has 0 fully saturated rings. The van der Waals surface area contributed by atoms with E-state index in [4.69, 9.17) is 5.73 Å². The van der Waals surface area contributed by atoms with Crippen LogP contribution < -0.4 is 11.1 Å². The van der Waals surface area contributed by atoms with E-state index in [2.05, 4.69) is 24.1 Å². The summed E-state index contributed by atoms with van der Waals surface area (Å²) in [5, 5.41) is 2.94. The molecular weight excluding hydrogens is 240 g/mol. The van der Waals surface area contributed by atoms with E-state index in [1.807, 2.05) is 25.5 Å². The van der Waals surface area contributed by atoms with Crippen LogP contribution in [0.2, 0.25) is 0 Å². The average Bonchev–Trinajstić information content (AvgIpc) is 2.71. The highest BCUT2D eigenvalue weighted by Gasteiger charge is 2.14. The first-order valence-electron chi connectivity index (χ1n) is 6.78. The lowest BCUT2D eigenvalue weighted by Gasteiger charge is -2.21. The molecule has 1 amide bonds. The van der Waals surface area contributed by atoms with Crippen LogP contribution in [0.15, 0.2) is 12.3 Å². The summed E-state index contributed by atoms with van der Waals surface area (Å²) in [6, 6.07) is 2.42. The van der Waals surface area contributed by atoms with Crippen molar-refractivity contribution in [2.24, 2.45) is 0 Å². The molecule has 5 nitrogen and oxygen atoms in total. The minimum absolute atomic E-state index is 0.0671. The van der Waals surface area contributed by atoms with Crippen molar-refractivity contribution in [1.82, 2.24) is 14.8 Å². The molecule has 0 radical (unpaired) electrons. The Morgan fingerprint density at radius 3 is 2.58 bits per heavy atom. The van der Waals surface area contributed by atoms with Gasteiger partial charge in [-0.05, 0) is 40.8 Å². The van der Waals surface area contributed by atoms with Crippen LogP contribution in [0.4, 0.5) is 5.69 Å². The standard InChI is InChI=1S/C14H26N4O/c1-10(2)17(5)7-6-16-14(19)13-8-12(15)9-18(13)11(3)4/h8-11H,6-7,15H2,1-5H3,(H,16,19). The number of nitrogen functional groups attached to an aromatic ring is 1. The molecule has 1 heterocycles. The van der Waals surface area contributed by atoms with Gasteiger partial charge in [-0.15, -0.1) is 0 Å². The number of aromatic nitrogens is 1. The lowest BCUT2D eigenvalue weighted by Crippen LogP contribution is -2.36. The maximum Gasteiger partial charge on any atom is 0.268 e. The predicted molar refractivity (Wildman–Crippen MR) is 79.3 cm³/mol.